The van der Waals surface area contributed by atoms with Crippen LogP contribution >= 0.6 is 0 Å². The van der Waals surface area contributed by atoms with Gasteiger partial charge in [0.2, 0.25) is 0 Å². The molecule has 1 aliphatic heterocycles. The first-order valence-electron chi connectivity index (χ1n) is 8.09. The van der Waals surface area contributed by atoms with Crippen molar-refractivity contribution in [1.29, 1.82) is 0 Å². The van der Waals surface area contributed by atoms with Crippen LogP contribution in [0.5, 0.6) is 11.5 Å². The average Bonchev–Trinajstić information content (AvgIpc) is 2.61. The Morgan fingerprint density at radius 3 is 2.19 bits per heavy atom. The van der Waals surface area contributed by atoms with Crippen LogP contribution in [0, 0.1) is 0 Å². The number of sulfonamides is 1. The van der Waals surface area contributed by atoms with Crippen LogP contribution in [0.4, 0.5) is 11.4 Å². The summed E-state index contributed by atoms with van der Waals surface area (Å²) in [6, 6.07) is 11.7. The van der Waals surface area contributed by atoms with Crippen LogP contribution in [0.1, 0.15) is 0 Å². The molecule has 0 saturated carbocycles. The van der Waals surface area contributed by atoms with Gasteiger partial charge in [-0.25, -0.2) is 8.42 Å². The molecule has 3 rings (SSSR count). The number of nitrogens with one attached hydrogen (secondary N) is 1. The number of hydrogen-bond acceptors (Lipinski definition) is 6. The minimum Gasteiger partial charge on any atom is -0.493 e. The Bertz CT molecular complexity index is 862. The second-order valence-electron chi connectivity index (χ2n) is 5.93. The van der Waals surface area contributed by atoms with Crippen LogP contribution in [0.3, 0.4) is 0 Å². The molecule has 0 amide bonds. The number of hydrogen-bond donors (Lipinski definition) is 1. The van der Waals surface area contributed by atoms with Gasteiger partial charge in [0.05, 0.1) is 25.2 Å². The van der Waals surface area contributed by atoms with E-state index in [1.807, 2.05) is 12.1 Å². The molecule has 8 heteroatoms. The van der Waals surface area contributed by atoms with Crippen molar-refractivity contribution in [3.8, 4) is 11.5 Å². The minimum absolute atomic E-state index is 0.102. The van der Waals surface area contributed by atoms with E-state index in [4.69, 9.17) is 14.2 Å². The zero-order valence-corrected chi connectivity index (χ0v) is 15.7. The molecular weight excluding hydrogens is 356 g/mol. The summed E-state index contributed by atoms with van der Waals surface area (Å²) in [5.41, 5.74) is 1.53. The summed E-state index contributed by atoms with van der Waals surface area (Å²) in [5, 5.41) is 0. The highest BCUT2D eigenvalue weighted by atomic mass is 32.2. The van der Waals surface area contributed by atoms with Gasteiger partial charge in [0.25, 0.3) is 10.0 Å². The van der Waals surface area contributed by atoms with Crippen LogP contribution in [0.15, 0.2) is 47.4 Å². The SMILES string of the molecule is COc1ccc(S(=O)(=O)Nc2ccc(N3CC(OC)C3)cc2)cc1OC. The zero-order valence-electron chi connectivity index (χ0n) is 14.9. The second kappa shape index (κ2) is 7.43. The molecule has 1 aliphatic rings. The highest BCUT2D eigenvalue weighted by molar-refractivity contribution is 7.92. The predicted octanol–water partition coefficient (Wildman–Crippen LogP) is 2.34. The lowest BCUT2D eigenvalue weighted by molar-refractivity contribution is 0.0788. The lowest BCUT2D eigenvalue weighted by Gasteiger charge is -2.40. The van der Waals surface area contributed by atoms with Crippen molar-refractivity contribution >= 4 is 21.4 Å². The van der Waals surface area contributed by atoms with Crippen molar-refractivity contribution in [2.75, 3.05) is 44.0 Å². The van der Waals surface area contributed by atoms with E-state index in [2.05, 4.69) is 9.62 Å². The Morgan fingerprint density at radius 1 is 0.962 bits per heavy atom. The maximum atomic E-state index is 12.6. The van der Waals surface area contributed by atoms with E-state index in [1.54, 1.807) is 25.3 Å². The molecule has 0 radical (unpaired) electrons. The Balaban J connectivity index is 1.73. The maximum absolute atomic E-state index is 12.6. The number of benzene rings is 2. The zero-order chi connectivity index (χ0) is 18.7. The third kappa shape index (κ3) is 3.71. The first kappa shape index (κ1) is 18.3. The summed E-state index contributed by atoms with van der Waals surface area (Å²) in [4.78, 5) is 2.27. The molecule has 1 fully saturated rings. The molecule has 26 heavy (non-hydrogen) atoms. The average molecular weight is 378 g/mol. The van der Waals surface area contributed by atoms with Crippen LogP contribution in [-0.2, 0) is 14.8 Å². The van der Waals surface area contributed by atoms with Crippen molar-refractivity contribution in [3.05, 3.63) is 42.5 Å². The van der Waals surface area contributed by atoms with Crippen LogP contribution < -0.4 is 19.1 Å². The van der Waals surface area contributed by atoms with Crippen molar-refractivity contribution in [1.82, 2.24) is 0 Å². The Hall–Kier alpha value is -2.45. The standard InChI is InChI=1S/C18H22N2O5S/c1-23-15-11-20(12-15)14-6-4-13(5-7-14)19-26(21,22)16-8-9-17(24-2)18(10-16)25-3/h4-10,15,19H,11-12H2,1-3H3. The quantitative estimate of drug-likeness (QED) is 0.797. The summed E-state index contributed by atoms with van der Waals surface area (Å²) < 4.78 is 43.3. The molecule has 2 aromatic carbocycles. The summed E-state index contributed by atoms with van der Waals surface area (Å²) in [5.74, 6) is 0.830. The van der Waals surface area contributed by atoms with Gasteiger partial charge >= 0.3 is 0 Å². The monoisotopic (exact) mass is 378 g/mol. The summed E-state index contributed by atoms with van der Waals surface area (Å²) in [6.07, 6.45) is 0.262. The van der Waals surface area contributed by atoms with Gasteiger partial charge in [0, 0.05) is 37.6 Å². The number of methoxy groups -OCH3 is 3. The fourth-order valence-electron chi connectivity index (χ4n) is 2.74. The van der Waals surface area contributed by atoms with E-state index >= 15 is 0 Å². The molecule has 140 valence electrons. The summed E-state index contributed by atoms with van der Waals surface area (Å²) >= 11 is 0. The van der Waals surface area contributed by atoms with Gasteiger partial charge in [-0.15, -0.1) is 0 Å². The molecule has 2 aromatic rings. The normalized spacial score (nSPS) is 14.7. The first-order valence-corrected chi connectivity index (χ1v) is 9.58. The van der Waals surface area contributed by atoms with Gasteiger partial charge < -0.3 is 19.1 Å². The van der Waals surface area contributed by atoms with Gasteiger partial charge in [-0.2, -0.15) is 0 Å². The lowest BCUT2D eigenvalue weighted by Crippen LogP contribution is -2.51. The smallest absolute Gasteiger partial charge is 0.262 e. The van der Waals surface area contributed by atoms with Gasteiger partial charge in [0.1, 0.15) is 0 Å². The van der Waals surface area contributed by atoms with E-state index in [0.29, 0.717) is 17.2 Å². The fourth-order valence-corrected chi connectivity index (χ4v) is 3.81. The summed E-state index contributed by atoms with van der Waals surface area (Å²) in [6.45, 7) is 1.68. The largest absolute Gasteiger partial charge is 0.493 e. The van der Waals surface area contributed by atoms with Crippen molar-refractivity contribution < 1.29 is 22.6 Å². The molecule has 1 N–H and O–H groups in total. The Labute approximate surface area is 153 Å². The number of anilines is 2. The lowest BCUT2D eigenvalue weighted by atomic mass is 10.1. The molecule has 1 saturated heterocycles. The second-order valence-corrected chi connectivity index (χ2v) is 7.61. The molecular formula is C18H22N2O5S. The first-order chi connectivity index (χ1) is 12.5. The molecule has 0 spiro atoms. The van der Waals surface area contributed by atoms with Crippen LogP contribution in [0.2, 0.25) is 0 Å². The van der Waals surface area contributed by atoms with Crippen LogP contribution in [0.25, 0.3) is 0 Å². The Morgan fingerprint density at radius 2 is 1.62 bits per heavy atom. The number of nitrogens with zero attached hydrogens (tertiary/aromatic N) is 1. The molecule has 0 aliphatic carbocycles. The van der Waals surface area contributed by atoms with Crippen LogP contribution in [-0.4, -0.2) is 48.9 Å². The van der Waals surface area contributed by atoms with Crippen molar-refractivity contribution in [3.63, 3.8) is 0 Å². The number of ether oxygens (including phenoxy) is 3. The van der Waals surface area contributed by atoms with Gasteiger partial charge in [-0.1, -0.05) is 0 Å². The maximum Gasteiger partial charge on any atom is 0.262 e. The molecule has 0 atom stereocenters. The third-order valence-electron chi connectivity index (χ3n) is 4.33. The van der Waals surface area contributed by atoms with Crippen molar-refractivity contribution in [2.24, 2.45) is 0 Å². The Kier molecular flexibility index (Phi) is 5.24. The molecule has 0 unspecified atom stereocenters. The minimum atomic E-state index is -3.73. The highest BCUT2D eigenvalue weighted by Gasteiger charge is 2.26. The molecule has 0 bridgehead atoms. The van der Waals surface area contributed by atoms with Crippen molar-refractivity contribution in [2.45, 2.75) is 11.0 Å². The van der Waals surface area contributed by atoms with E-state index in [0.717, 1.165) is 18.8 Å². The van der Waals surface area contributed by atoms with E-state index in [9.17, 15) is 8.42 Å². The molecule has 0 aromatic heterocycles. The fraction of sp³-hybridized carbons (Fsp3) is 0.333. The summed E-state index contributed by atoms with van der Waals surface area (Å²) in [7, 11) is 0.936. The highest BCUT2D eigenvalue weighted by Crippen LogP contribution is 2.30. The number of rotatable bonds is 7. The van der Waals surface area contributed by atoms with Gasteiger partial charge in [-0.3, -0.25) is 4.72 Å². The predicted molar refractivity (Wildman–Crippen MR) is 99.8 cm³/mol. The van der Waals surface area contributed by atoms with Gasteiger partial charge in [-0.05, 0) is 36.4 Å². The third-order valence-corrected chi connectivity index (χ3v) is 5.71. The van der Waals surface area contributed by atoms with E-state index < -0.39 is 10.0 Å². The van der Waals surface area contributed by atoms with E-state index in [1.165, 1.54) is 26.4 Å². The molecule has 1 heterocycles. The van der Waals surface area contributed by atoms with Gasteiger partial charge in [0.15, 0.2) is 11.5 Å². The molecule has 7 nitrogen and oxygen atoms in total. The topological polar surface area (TPSA) is 77.1 Å². The van der Waals surface area contributed by atoms with E-state index in [-0.39, 0.29) is 11.0 Å².